The summed E-state index contributed by atoms with van der Waals surface area (Å²) >= 11 is 0. The highest BCUT2D eigenvalue weighted by Crippen LogP contribution is 2.36. The van der Waals surface area contributed by atoms with Gasteiger partial charge >= 0.3 is 0 Å². The normalized spacial score (nSPS) is 11.2. The van der Waals surface area contributed by atoms with Crippen molar-refractivity contribution in [3.05, 3.63) is 89.1 Å². The number of hydrazone groups is 1. The van der Waals surface area contributed by atoms with Crippen LogP contribution < -0.4 is 25.1 Å². The molecule has 2 amide bonds. The lowest BCUT2D eigenvalue weighted by Gasteiger charge is -2.21. The van der Waals surface area contributed by atoms with Crippen molar-refractivity contribution in [1.82, 2.24) is 10.7 Å². The zero-order chi connectivity index (χ0) is 27.5. The Morgan fingerprint density at radius 3 is 2.08 bits per heavy atom. The Morgan fingerprint density at radius 1 is 0.921 bits per heavy atom. The van der Waals surface area contributed by atoms with Gasteiger partial charge in [-0.25, -0.2) is 5.43 Å². The van der Waals surface area contributed by atoms with Crippen molar-refractivity contribution >= 4 is 29.8 Å². The average molecular weight is 517 g/mol. The van der Waals surface area contributed by atoms with Crippen LogP contribution >= 0.6 is 0 Å². The van der Waals surface area contributed by atoms with Crippen molar-refractivity contribution in [2.75, 3.05) is 32.2 Å². The standard InChI is InChI=1S/C29H32N4O5/c1-5-33(6-2)23-14-12-20(13-15-23)16-24(31-28(35)22-10-8-7-9-11-22)29(36)32-30-19-21-17-25(37-3)27(34)26(18-21)38-4/h7-19,34H,5-6H2,1-4H3,(H,31,35)(H,32,36)/b24-16+,30-19-. The number of amides is 2. The molecule has 3 aromatic carbocycles. The zero-order valence-electron chi connectivity index (χ0n) is 21.9. The summed E-state index contributed by atoms with van der Waals surface area (Å²) in [5.74, 6) is -0.793. The molecule has 0 aromatic heterocycles. The maximum absolute atomic E-state index is 13.1. The molecule has 0 aliphatic rings. The molecule has 0 saturated heterocycles. The van der Waals surface area contributed by atoms with Crippen LogP contribution in [0, 0.1) is 0 Å². The third-order valence-corrected chi connectivity index (χ3v) is 5.74. The summed E-state index contributed by atoms with van der Waals surface area (Å²) < 4.78 is 10.3. The van der Waals surface area contributed by atoms with Gasteiger partial charge in [-0.2, -0.15) is 5.10 Å². The number of methoxy groups -OCH3 is 2. The highest BCUT2D eigenvalue weighted by molar-refractivity contribution is 6.05. The molecule has 3 aromatic rings. The van der Waals surface area contributed by atoms with E-state index < -0.39 is 11.8 Å². The molecule has 38 heavy (non-hydrogen) atoms. The average Bonchev–Trinajstić information content (AvgIpc) is 2.95. The number of ether oxygens (including phenoxy) is 2. The number of nitrogens with zero attached hydrogens (tertiary/aromatic N) is 2. The molecule has 0 spiro atoms. The molecule has 0 aliphatic heterocycles. The first-order chi connectivity index (χ1) is 18.4. The number of hydrogen-bond donors (Lipinski definition) is 3. The Bertz CT molecular complexity index is 1280. The molecule has 0 bridgehead atoms. The van der Waals surface area contributed by atoms with Gasteiger partial charge in [-0.15, -0.1) is 0 Å². The number of carbonyl (C=O) groups excluding carboxylic acids is 2. The minimum absolute atomic E-state index is 0.0208. The second-order valence-corrected chi connectivity index (χ2v) is 8.12. The van der Waals surface area contributed by atoms with Gasteiger partial charge in [0.2, 0.25) is 5.75 Å². The third kappa shape index (κ3) is 7.13. The summed E-state index contributed by atoms with van der Waals surface area (Å²) in [6, 6.07) is 19.4. The molecule has 0 heterocycles. The minimum Gasteiger partial charge on any atom is -0.502 e. The van der Waals surface area contributed by atoms with Gasteiger partial charge in [-0.1, -0.05) is 30.3 Å². The summed E-state index contributed by atoms with van der Waals surface area (Å²) in [7, 11) is 2.83. The number of benzene rings is 3. The fourth-order valence-corrected chi connectivity index (χ4v) is 3.69. The predicted octanol–water partition coefficient (Wildman–Crippen LogP) is 4.18. The van der Waals surface area contributed by atoms with Crippen molar-refractivity contribution < 1.29 is 24.2 Å². The summed E-state index contributed by atoms with van der Waals surface area (Å²) in [4.78, 5) is 28.1. The smallest absolute Gasteiger partial charge is 0.287 e. The van der Waals surface area contributed by atoms with Crippen molar-refractivity contribution in [2.24, 2.45) is 5.10 Å². The molecule has 198 valence electrons. The SMILES string of the molecule is CCN(CC)c1ccc(/C=C(/NC(=O)c2ccccc2)C(=O)N/N=C\c2cc(OC)c(O)c(OC)c2)cc1. The first-order valence-corrected chi connectivity index (χ1v) is 12.1. The number of nitrogens with one attached hydrogen (secondary N) is 2. The number of carbonyl (C=O) groups is 2. The highest BCUT2D eigenvalue weighted by Gasteiger charge is 2.15. The Kier molecular flexibility index (Phi) is 9.87. The lowest BCUT2D eigenvalue weighted by atomic mass is 10.1. The first kappa shape index (κ1) is 27.8. The lowest BCUT2D eigenvalue weighted by molar-refractivity contribution is -0.117. The number of hydrogen-bond acceptors (Lipinski definition) is 7. The quantitative estimate of drug-likeness (QED) is 0.200. The lowest BCUT2D eigenvalue weighted by Crippen LogP contribution is -2.32. The van der Waals surface area contributed by atoms with Gasteiger partial charge in [0.1, 0.15) is 5.70 Å². The van der Waals surface area contributed by atoms with Gasteiger partial charge < -0.3 is 24.8 Å². The van der Waals surface area contributed by atoms with E-state index in [4.69, 9.17) is 9.47 Å². The molecule has 0 unspecified atom stereocenters. The van der Waals surface area contributed by atoms with E-state index in [1.807, 2.05) is 24.3 Å². The molecule has 9 nitrogen and oxygen atoms in total. The molecule has 3 N–H and O–H groups in total. The van der Waals surface area contributed by atoms with Gasteiger partial charge in [-0.3, -0.25) is 9.59 Å². The monoisotopic (exact) mass is 516 g/mol. The molecule has 0 atom stereocenters. The Balaban J connectivity index is 1.85. The van der Waals surface area contributed by atoms with Crippen LogP contribution in [0.3, 0.4) is 0 Å². The van der Waals surface area contributed by atoms with Crippen LogP contribution in [0.1, 0.15) is 35.3 Å². The predicted molar refractivity (Wildman–Crippen MR) is 149 cm³/mol. The summed E-state index contributed by atoms with van der Waals surface area (Å²) in [5.41, 5.74) is 5.19. The maximum Gasteiger partial charge on any atom is 0.287 e. The van der Waals surface area contributed by atoms with Crippen LogP contribution in [0.25, 0.3) is 6.08 Å². The van der Waals surface area contributed by atoms with E-state index in [2.05, 4.69) is 34.6 Å². The summed E-state index contributed by atoms with van der Waals surface area (Å²) in [6.45, 7) is 5.93. The molecule has 0 fully saturated rings. The summed E-state index contributed by atoms with van der Waals surface area (Å²) in [6.07, 6.45) is 2.96. The first-order valence-electron chi connectivity index (χ1n) is 12.1. The number of phenols is 1. The molecule has 0 aliphatic carbocycles. The van der Waals surface area contributed by atoms with Crippen molar-refractivity contribution in [2.45, 2.75) is 13.8 Å². The van der Waals surface area contributed by atoms with E-state index in [1.165, 1.54) is 20.4 Å². The number of aromatic hydroxyl groups is 1. The molecular formula is C29H32N4O5. The van der Waals surface area contributed by atoms with Crippen LogP contribution in [0.15, 0.2) is 77.5 Å². The van der Waals surface area contributed by atoms with Gasteiger partial charge in [-0.05, 0) is 61.9 Å². The Labute approximate surface area is 222 Å². The van der Waals surface area contributed by atoms with Crippen LogP contribution in [0.5, 0.6) is 17.2 Å². The fourth-order valence-electron chi connectivity index (χ4n) is 3.69. The number of phenolic OH excluding ortho intramolecular Hbond substituents is 1. The van der Waals surface area contributed by atoms with Crippen molar-refractivity contribution in [1.29, 1.82) is 0 Å². The van der Waals surface area contributed by atoms with E-state index >= 15 is 0 Å². The van der Waals surface area contributed by atoms with Crippen LogP contribution in [-0.2, 0) is 4.79 Å². The largest absolute Gasteiger partial charge is 0.502 e. The molecular weight excluding hydrogens is 484 g/mol. The van der Waals surface area contributed by atoms with Gasteiger partial charge in [0.15, 0.2) is 11.5 Å². The third-order valence-electron chi connectivity index (χ3n) is 5.74. The molecule has 3 rings (SSSR count). The molecule has 9 heteroatoms. The second-order valence-electron chi connectivity index (χ2n) is 8.12. The molecule has 0 saturated carbocycles. The van der Waals surface area contributed by atoms with Crippen LogP contribution in [0.4, 0.5) is 5.69 Å². The second kappa shape index (κ2) is 13.5. The van der Waals surface area contributed by atoms with E-state index in [0.717, 1.165) is 24.3 Å². The van der Waals surface area contributed by atoms with Crippen LogP contribution in [0.2, 0.25) is 0 Å². The van der Waals surface area contributed by atoms with E-state index in [9.17, 15) is 14.7 Å². The zero-order valence-corrected chi connectivity index (χ0v) is 21.9. The van der Waals surface area contributed by atoms with E-state index in [-0.39, 0.29) is 22.9 Å². The van der Waals surface area contributed by atoms with Gasteiger partial charge in [0, 0.05) is 29.9 Å². The maximum atomic E-state index is 13.1. The topological polar surface area (TPSA) is 112 Å². The number of anilines is 1. The van der Waals surface area contributed by atoms with Crippen molar-refractivity contribution in [3.63, 3.8) is 0 Å². The molecule has 0 radical (unpaired) electrons. The summed E-state index contributed by atoms with van der Waals surface area (Å²) in [5, 5.41) is 16.8. The van der Waals surface area contributed by atoms with E-state index in [0.29, 0.717) is 11.1 Å². The Morgan fingerprint density at radius 2 is 1.53 bits per heavy atom. The van der Waals surface area contributed by atoms with Gasteiger partial charge in [0.25, 0.3) is 11.8 Å². The van der Waals surface area contributed by atoms with Crippen molar-refractivity contribution in [3.8, 4) is 17.2 Å². The van der Waals surface area contributed by atoms with Gasteiger partial charge in [0.05, 0.1) is 20.4 Å². The van der Waals surface area contributed by atoms with E-state index in [1.54, 1.807) is 48.5 Å². The van der Waals surface area contributed by atoms with Crippen LogP contribution in [-0.4, -0.2) is 50.4 Å². The Hall–Kier alpha value is -4.79. The number of rotatable bonds is 11. The fraction of sp³-hybridized carbons (Fsp3) is 0.207. The minimum atomic E-state index is -0.615. The highest BCUT2D eigenvalue weighted by atomic mass is 16.5.